The fourth-order valence-electron chi connectivity index (χ4n) is 2.60. The van der Waals surface area contributed by atoms with E-state index in [0.29, 0.717) is 5.92 Å². The van der Waals surface area contributed by atoms with Crippen molar-refractivity contribution in [3.63, 3.8) is 0 Å². The Kier molecular flexibility index (Phi) is 5.62. The molecule has 1 aromatic rings. The molecular formula is C16H28N4O3. The van der Waals surface area contributed by atoms with Gasteiger partial charge in [0, 0.05) is 17.9 Å². The second kappa shape index (κ2) is 7.29. The minimum Gasteiger partial charge on any atom is -0.443 e. The van der Waals surface area contributed by atoms with Crippen molar-refractivity contribution in [1.82, 2.24) is 21.0 Å². The third kappa shape index (κ3) is 5.49. The summed E-state index contributed by atoms with van der Waals surface area (Å²) in [4.78, 5) is 16.1. The first-order valence-electron chi connectivity index (χ1n) is 8.32. The molecule has 23 heavy (non-hydrogen) atoms. The van der Waals surface area contributed by atoms with E-state index in [9.17, 15) is 4.79 Å². The van der Waals surface area contributed by atoms with Gasteiger partial charge in [0.1, 0.15) is 5.60 Å². The molecule has 7 nitrogen and oxygen atoms in total. The number of aromatic nitrogens is 2. The molecule has 0 unspecified atom stereocenters. The van der Waals surface area contributed by atoms with E-state index in [1.165, 1.54) is 0 Å². The van der Waals surface area contributed by atoms with Crippen molar-refractivity contribution in [3.8, 4) is 0 Å². The number of hydrazine groups is 1. The number of hydrogen-bond donors (Lipinski definition) is 2. The first-order valence-corrected chi connectivity index (χ1v) is 8.32. The van der Waals surface area contributed by atoms with Gasteiger partial charge in [-0.25, -0.2) is 10.2 Å². The second-order valence-corrected chi connectivity index (χ2v) is 7.47. The molecule has 0 saturated heterocycles. The summed E-state index contributed by atoms with van der Waals surface area (Å²) in [6.07, 6.45) is 3.37. The third-order valence-corrected chi connectivity index (χ3v) is 3.83. The van der Waals surface area contributed by atoms with E-state index in [1.807, 2.05) is 20.8 Å². The summed E-state index contributed by atoms with van der Waals surface area (Å²) < 4.78 is 10.6. The zero-order chi connectivity index (χ0) is 17.0. The maximum atomic E-state index is 11.6. The lowest BCUT2D eigenvalue weighted by Gasteiger charge is -2.28. The summed E-state index contributed by atoms with van der Waals surface area (Å²) >= 11 is 0. The first-order chi connectivity index (χ1) is 10.7. The van der Waals surface area contributed by atoms with Gasteiger partial charge in [-0.15, -0.1) is 0 Å². The third-order valence-electron chi connectivity index (χ3n) is 3.83. The summed E-state index contributed by atoms with van der Waals surface area (Å²) in [5, 5.41) is 4.03. The molecule has 0 spiro atoms. The minimum absolute atomic E-state index is 0.242. The van der Waals surface area contributed by atoms with E-state index in [4.69, 9.17) is 9.26 Å². The Morgan fingerprint density at radius 1 is 1.26 bits per heavy atom. The maximum absolute atomic E-state index is 11.6. The molecule has 1 aromatic heterocycles. The molecule has 1 heterocycles. The number of carbonyl (C=O) groups excluding carboxylic acids is 1. The van der Waals surface area contributed by atoms with Crippen LogP contribution < -0.4 is 10.9 Å². The average Bonchev–Trinajstić information content (AvgIpc) is 2.94. The van der Waals surface area contributed by atoms with Crippen molar-refractivity contribution < 1.29 is 14.1 Å². The summed E-state index contributed by atoms with van der Waals surface area (Å²) in [5.41, 5.74) is 5.18. The van der Waals surface area contributed by atoms with Crippen LogP contribution in [0.4, 0.5) is 4.79 Å². The SMILES string of the molecule is CC(C)c1noc(C2CCC(NNC(=O)OC(C)(C)C)CC2)n1. The molecule has 0 aliphatic heterocycles. The number of rotatable bonds is 4. The van der Waals surface area contributed by atoms with Gasteiger partial charge in [-0.1, -0.05) is 19.0 Å². The number of carbonyl (C=O) groups is 1. The van der Waals surface area contributed by atoms with Crippen LogP contribution in [0, 0.1) is 0 Å². The largest absolute Gasteiger partial charge is 0.443 e. The van der Waals surface area contributed by atoms with Crippen molar-refractivity contribution in [3.05, 3.63) is 11.7 Å². The van der Waals surface area contributed by atoms with Gasteiger partial charge in [-0.3, -0.25) is 5.43 Å². The Morgan fingerprint density at radius 3 is 2.43 bits per heavy atom. The molecule has 1 aliphatic carbocycles. The molecule has 1 fully saturated rings. The number of ether oxygens (including phenoxy) is 1. The molecule has 2 N–H and O–H groups in total. The highest BCUT2D eigenvalue weighted by atomic mass is 16.6. The van der Waals surface area contributed by atoms with E-state index < -0.39 is 11.7 Å². The number of nitrogens with one attached hydrogen (secondary N) is 2. The van der Waals surface area contributed by atoms with Gasteiger partial charge in [-0.2, -0.15) is 4.98 Å². The van der Waals surface area contributed by atoms with Gasteiger partial charge < -0.3 is 9.26 Å². The van der Waals surface area contributed by atoms with Crippen LogP contribution in [-0.4, -0.2) is 27.9 Å². The van der Waals surface area contributed by atoms with Gasteiger partial charge in [-0.05, 0) is 46.5 Å². The van der Waals surface area contributed by atoms with Crippen LogP contribution in [0.15, 0.2) is 4.52 Å². The summed E-state index contributed by atoms with van der Waals surface area (Å²) in [6, 6.07) is 0.242. The summed E-state index contributed by atoms with van der Waals surface area (Å²) in [7, 11) is 0. The molecule has 130 valence electrons. The van der Waals surface area contributed by atoms with Crippen LogP contribution >= 0.6 is 0 Å². The Morgan fingerprint density at radius 2 is 1.91 bits per heavy atom. The summed E-state index contributed by atoms with van der Waals surface area (Å²) in [6.45, 7) is 9.63. The Hall–Kier alpha value is -1.63. The van der Waals surface area contributed by atoms with Gasteiger partial charge in [0.2, 0.25) is 5.89 Å². The van der Waals surface area contributed by atoms with Crippen LogP contribution in [0.3, 0.4) is 0 Å². The molecule has 1 aliphatic rings. The van der Waals surface area contributed by atoms with Crippen LogP contribution in [-0.2, 0) is 4.74 Å². The fraction of sp³-hybridized carbons (Fsp3) is 0.812. The van der Waals surface area contributed by atoms with Crippen molar-refractivity contribution in [2.45, 2.75) is 83.8 Å². The van der Waals surface area contributed by atoms with Crippen LogP contribution in [0.5, 0.6) is 0 Å². The zero-order valence-corrected chi connectivity index (χ0v) is 14.7. The summed E-state index contributed by atoms with van der Waals surface area (Å²) in [5.74, 6) is 2.11. The Labute approximate surface area is 137 Å². The predicted molar refractivity (Wildman–Crippen MR) is 85.9 cm³/mol. The van der Waals surface area contributed by atoms with E-state index in [2.05, 4.69) is 34.8 Å². The lowest BCUT2D eigenvalue weighted by molar-refractivity contribution is 0.0481. The topological polar surface area (TPSA) is 89.3 Å². The van der Waals surface area contributed by atoms with E-state index in [0.717, 1.165) is 37.4 Å². The highest BCUT2D eigenvalue weighted by molar-refractivity contribution is 5.67. The molecule has 0 atom stereocenters. The number of amides is 1. The molecular weight excluding hydrogens is 296 g/mol. The van der Waals surface area contributed by atoms with Gasteiger partial charge in [0.15, 0.2) is 5.82 Å². The van der Waals surface area contributed by atoms with E-state index >= 15 is 0 Å². The van der Waals surface area contributed by atoms with Crippen molar-refractivity contribution in [2.24, 2.45) is 0 Å². The number of hydrogen-bond acceptors (Lipinski definition) is 6. The lowest BCUT2D eigenvalue weighted by atomic mass is 9.86. The van der Waals surface area contributed by atoms with Gasteiger partial charge in [0.25, 0.3) is 0 Å². The standard InChI is InChI=1S/C16H28N4O3/c1-10(2)13-17-14(23-20-13)11-6-8-12(9-7-11)18-19-15(21)22-16(3,4)5/h10-12,18H,6-9H2,1-5H3,(H,19,21). The first kappa shape index (κ1) is 17.7. The monoisotopic (exact) mass is 324 g/mol. The second-order valence-electron chi connectivity index (χ2n) is 7.47. The molecule has 1 saturated carbocycles. The predicted octanol–water partition coefficient (Wildman–Crippen LogP) is 3.25. The molecule has 0 bridgehead atoms. The smallest absolute Gasteiger partial charge is 0.422 e. The van der Waals surface area contributed by atoms with E-state index in [-0.39, 0.29) is 12.0 Å². The molecule has 0 aromatic carbocycles. The zero-order valence-electron chi connectivity index (χ0n) is 14.7. The Bertz CT molecular complexity index is 514. The average molecular weight is 324 g/mol. The normalized spacial score (nSPS) is 22.2. The van der Waals surface area contributed by atoms with Gasteiger partial charge >= 0.3 is 6.09 Å². The molecule has 0 radical (unpaired) electrons. The minimum atomic E-state index is -0.491. The maximum Gasteiger partial charge on any atom is 0.422 e. The molecule has 7 heteroatoms. The lowest BCUT2D eigenvalue weighted by Crippen LogP contribution is -2.47. The molecule has 1 amide bonds. The van der Waals surface area contributed by atoms with Crippen LogP contribution in [0.25, 0.3) is 0 Å². The Balaban J connectivity index is 1.74. The van der Waals surface area contributed by atoms with Crippen molar-refractivity contribution in [2.75, 3.05) is 0 Å². The van der Waals surface area contributed by atoms with Gasteiger partial charge in [0.05, 0.1) is 0 Å². The number of nitrogens with zero attached hydrogens (tertiary/aromatic N) is 2. The quantitative estimate of drug-likeness (QED) is 0.826. The van der Waals surface area contributed by atoms with Crippen LogP contribution in [0.1, 0.15) is 83.9 Å². The fourth-order valence-corrected chi connectivity index (χ4v) is 2.60. The molecule has 2 rings (SSSR count). The van der Waals surface area contributed by atoms with Crippen LogP contribution in [0.2, 0.25) is 0 Å². The highest BCUT2D eigenvalue weighted by Crippen LogP contribution is 2.32. The van der Waals surface area contributed by atoms with Crippen molar-refractivity contribution >= 4 is 6.09 Å². The highest BCUT2D eigenvalue weighted by Gasteiger charge is 2.27. The van der Waals surface area contributed by atoms with Crippen molar-refractivity contribution in [1.29, 1.82) is 0 Å². The van der Waals surface area contributed by atoms with E-state index in [1.54, 1.807) is 0 Å².